The van der Waals surface area contributed by atoms with E-state index in [1.54, 1.807) is 0 Å². The molecular formula is C38H24N3PS. The van der Waals surface area contributed by atoms with Gasteiger partial charge in [-0.25, -0.2) is 4.98 Å². The molecule has 1 unspecified atom stereocenters. The first-order valence-corrected chi connectivity index (χ1v) is 17.2. The van der Waals surface area contributed by atoms with Gasteiger partial charge in [0, 0.05) is 39.9 Å². The zero-order valence-electron chi connectivity index (χ0n) is 23.1. The Bertz CT molecular complexity index is 2610. The van der Waals surface area contributed by atoms with Crippen LogP contribution in [0.4, 0.5) is 0 Å². The largest absolute Gasteiger partial charge is 0.292 e. The second-order valence-electron chi connectivity index (χ2n) is 11.0. The van der Waals surface area contributed by atoms with E-state index in [-0.39, 0.29) is 0 Å². The van der Waals surface area contributed by atoms with Gasteiger partial charge in [0.2, 0.25) is 0 Å². The molecule has 3 heterocycles. The number of imidazole rings is 1. The molecule has 0 saturated heterocycles. The average molecular weight is 586 g/mol. The number of pyridine rings is 2. The number of para-hydroxylation sites is 3. The van der Waals surface area contributed by atoms with Crippen LogP contribution < -0.4 is 15.9 Å². The summed E-state index contributed by atoms with van der Waals surface area (Å²) in [5, 5.41) is 11.6. The minimum absolute atomic E-state index is 0.906. The Morgan fingerprint density at radius 3 is 2.12 bits per heavy atom. The van der Waals surface area contributed by atoms with Gasteiger partial charge in [-0.05, 0) is 56.4 Å². The lowest BCUT2D eigenvalue weighted by molar-refractivity contribution is 1.30. The van der Waals surface area contributed by atoms with E-state index in [2.05, 4.69) is 132 Å². The van der Waals surface area contributed by atoms with Crippen molar-refractivity contribution in [1.82, 2.24) is 14.4 Å². The van der Waals surface area contributed by atoms with Crippen molar-refractivity contribution in [2.45, 2.75) is 0 Å². The number of rotatable bonds is 3. The zero-order chi connectivity index (χ0) is 28.5. The molecule has 0 aliphatic heterocycles. The lowest BCUT2D eigenvalue weighted by Crippen LogP contribution is -2.26. The van der Waals surface area contributed by atoms with Crippen LogP contribution in [0.1, 0.15) is 0 Å². The van der Waals surface area contributed by atoms with E-state index in [0.717, 1.165) is 54.3 Å². The van der Waals surface area contributed by atoms with Gasteiger partial charge in [-0.15, -0.1) is 0 Å². The summed E-state index contributed by atoms with van der Waals surface area (Å²) in [6.45, 7) is 0. The third-order valence-electron chi connectivity index (χ3n) is 8.69. The molecule has 0 fully saturated rings. The summed E-state index contributed by atoms with van der Waals surface area (Å²) in [4.78, 5) is 10.0. The van der Waals surface area contributed by atoms with Gasteiger partial charge in [-0.3, -0.25) is 9.38 Å². The van der Waals surface area contributed by atoms with Gasteiger partial charge in [0.1, 0.15) is 5.65 Å². The second-order valence-corrected chi connectivity index (χ2v) is 15.4. The van der Waals surface area contributed by atoms with Crippen LogP contribution in [0.3, 0.4) is 0 Å². The average Bonchev–Trinajstić information content (AvgIpc) is 3.48. The molecule has 202 valence electrons. The Balaban J connectivity index is 1.43. The van der Waals surface area contributed by atoms with Crippen molar-refractivity contribution < 1.29 is 0 Å². The molecule has 0 aliphatic rings. The summed E-state index contributed by atoms with van der Waals surface area (Å²) in [6.07, 6.45) is 3.98. The fraction of sp³-hybridized carbons (Fsp3) is 0. The van der Waals surface area contributed by atoms with Crippen LogP contribution in [0.25, 0.3) is 59.9 Å². The molecule has 3 nitrogen and oxygen atoms in total. The molecule has 0 aliphatic carbocycles. The maximum Gasteiger partial charge on any atom is 0.147 e. The molecule has 0 N–H and O–H groups in total. The first-order valence-electron chi connectivity index (χ1n) is 14.4. The smallest absolute Gasteiger partial charge is 0.147 e. The Labute approximate surface area is 253 Å². The maximum atomic E-state index is 6.98. The Morgan fingerprint density at radius 2 is 1.23 bits per heavy atom. The van der Waals surface area contributed by atoms with Crippen molar-refractivity contribution in [3.63, 3.8) is 0 Å². The minimum Gasteiger partial charge on any atom is -0.292 e. The number of benzene rings is 6. The number of hydrogen-bond acceptors (Lipinski definition) is 3. The van der Waals surface area contributed by atoms with Gasteiger partial charge in [-0.1, -0.05) is 121 Å². The minimum atomic E-state index is -2.57. The van der Waals surface area contributed by atoms with Crippen LogP contribution in [0.5, 0.6) is 0 Å². The predicted octanol–water partition coefficient (Wildman–Crippen LogP) is 8.25. The fourth-order valence-electron chi connectivity index (χ4n) is 6.73. The maximum absolute atomic E-state index is 6.98. The summed E-state index contributed by atoms with van der Waals surface area (Å²) in [7, 11) is 0. The molecule has 6 aromatic carbocycles. The molecule has 0 radical (unpaired) electrons. The van der Waals surface area contributed by atoms with E-state index in [9.17, 15) is 0 Å². The van der Waals surface area contributed by atoms with Crippen LogP contribution in [0, 0.1) is 0 Å². The predicted molar refractivity (Wildman–Crippen MR) is 187 cm³/mol. The van der Waals surface area contributed by atoms with Crippen LogP contribution in [-0.4, -0.2) is 14.4 Å². The highest BCUT2D eigenvalue weighted by molar-refractivity contribution is 8.25. The number of aromatic nitrogens is 3. The van der Waals surface area contributed by atoms with E-state index in [4.69, 9.17) is 21.8 Å². The zero-order valence-corrected chi connectivity index (χ0v) is 24.8. The summed E-state index contributed by atoms with van der Waals surface area (Å²) in [5.41, 5.74) is 4.08. The van der Waals surface area contributed by atoms with Crippen molar-refractivity contribution in [1.29, 1.82) is 0 Å². The number of fused-ring (bicyclic) bond motifs is 11. The first-order chi connectivity index (χ1) is 21.2. The van der Waals surface area contributed by atoms with Gasteiger partial charge in [0.25, 0.3) is 0 Å². The van der Waals surface area contributed by atoms with E-state index in [1.807, 2.05) is 18.5 Å². The number of hydrogen-bond donors (Lipinski definition) is 0. The van der Waals surface area contributed by atoms with Crippen molar-refractivity contribution >= 4 is 93.7 Å². The highest BCUT2D eigenvalue weighted by atomic mass is 32.4. The molecule has 0 spiro atoms. The van der Waals surface area contributed by atoms with Gasteiger partial charge < -0.3 is 0 Å². The van der Waals surface area contributed by atoms with E-state index in [1.165, 1.54) is 21.5 Å². The van der Waals surface area contributed by atoms with Crippen molar-refractivity contribution in [2.24, 2.45) is 0 Å². The van der Waals surface area contributed by atoms with E-state index < -0.39 is 6.04 Å². The van der Waals surface area contributed by atoms with Gasteiger partial charge in [0.15, 0.2) is 0 Å². The molecule has 5 heteroatoms. The topological polar surface area (TPSA) is 30.2 Å². The standard InChI is InChI=1S/C38H24N3PS/c43-42(27-11-2-1-3-12-27,28-20-21-30-26(22-28)19-18-25-10-4-5-13-29(25)30)36-24-39-23-32-37(36)31-14-6-8-16-34(31)41-35-17-9-7-15-33(35)40-38(32)41/h1-24H. The molecule has 1 atom stereocenters. The third kappa shape index (κ3) is 3.51. The Morgan fingerprint density at radius 1 is 0.535 bits per heavy atom. The van der Waals surface area contributed by atoms with Crippen LogP contribution >= 0.6 is 6.04 Å². The first kappa shape index (κ1) is 24.7. The summed E-state index contributed by atoms with van der Waals surface area (Å²) in [6, 6.07) is 44.8. The summed E-state index contributed by atoms with van der Waals surface area (Å²) in [5.74, 6) is 0. The van der Waals surface area contributed by atoms with Crippen molar-refractivity contribution in [3.8, 4) is 0 Å². The van der Waals surface area contributed by atoms with E-state index in [0.29, 0.717) is 0 Å². The third-order valence-corrected chi connectivity index (χ3v) is 13.6. The Hall–Kier alpha value is -4.89. The van der Waals surface area contributed by atoms with E-state index >= 15 is 0 Å². The SMILES string of the molecule is S=P(c1ccccc1)(c1ccc2c(ccc3ccccc32)c1)c1cncc2c1c1ccccc1n1c3ccccc3nc21. The van der Waals surface area contributed by atoms with Gasteiger partial charge in [0.05, 0.1) is 16.6 Å². The molecular weight excluding hydrogens is 561 g/mol. The van der Waals surface area contributed by atoms with Crippen LogP contribution in [-0.2, 0) is 11.8 Å². The van der Waals surface area contributed by atoms with Crippen LogP contribution in [0.15, 0.2) is 146 Å². The fourth-order valence-corrected chi connectivity index (χ4v) is 10.7. The molecule has 0 amide bonds. The summed E-state index contributed by atoms with van der Waals surface area (Å²) >= 11 is 6.98. The molecule has 0 bridgehead atoms. The van der Waals surface area contributed by atoms with Crippen molar-refractivity contribution in [2.75, 3.05) is 0 Å². The lowest BCUT2D eigenvalue weighted by Gasteiger charge is -2.26. The summed E-state index contributed by atoms with van der Waals surface area (Å²) < 4.78 is 2.27. The Kier molecular flexibility index (Phi) is 5.34. The quantitative estimate of drug-likeness (QED) is 0.155. The second kappa shape index (κ2) is 9.31. The van der Waals surface area contributed by atoms with Gasteiger partial charge in [-0.2, -0.15) is 0 Å². The molecule has 3 aromatic heterocycles. The van der Waals surface area contributed by atoms with Gasteiger partial charge >= 0.3 is 0 Å². The molecule has 9 aromatic rings. The molecule has 0 saturated carbocycles. The molecule has 43 heavy (non-hydrogen) atoms. The van der Waals surface area contributed by atoms with Crippen LogP contribution in [0.2, 0.25) is 0 Å². The van der Waals surface area contributed by atoms with Crippen molar-refractivity contribution in [3.05, 3.63) is 146 Å². The normalized spacial score (nSPS) is 13.4. The number of nitrogens with zero attached hydrogens (tertiary/aromatic N) is 3. The molecule has 9 rings (SSSR count). The lowest BCUT2D eigenvalue weighted by atomic mass is 10.0. The highest BCUT2D eigenvalue weighted by Crippen LogP contribution is 2.47. The monoisotopic (exact) mass is 585 g/mol. The highest BCUT2D eigenvalue weighted by Gasteiger charge is 2.29.